The molecule has 2 aliphatic heterocycles. The van der Waals surface area contributed by atoms with Crippen LogP contribution in [0.1, 0.15) is 46.6 Å². The van der Waals surface area contributed by atoms with Gasteiger partial charge in [0.05, 0.1) is 57.3 Å². The van der Waals surface area contributed by atoms with Crippen LogP contribution in [-0.4, -0.2) is 35.1 Å². The van der Waals surface area contributed by atoms with Crippen molar-refractivity contribution in [1.82, 2.24) is 0 Å². The first kappa shape index (κ1) is 42.4. The van der Waals surface area contributed by atoms with Crippen LogP contribution in [0.15, 0.2) is 66.2 Å². The molecule has 2 saturated heterocycles. The minimum atomic E-state index is -5.47. The molecule has 3 aromatic carbocycles. The summed E-state index contributed by atoms with van der Waals surface area (Å²) in [5.41, 5.74) is -10.9. The summed E-state index contributed by atoms with van der Waals surface area (Å²) in [5, 5.41) is 11.0. The molecule has 7 rings (SSSR count). The summed E-state index contributed by atoms with van der Waals surface area (Å²) in [7, 11) is 0. The number of phenolic OH excluding ortho intramolecular Hbond substituents is 1. The van der Waals surface area contributed by atoms with Crippen molar-refractivity contribution in [3.63, 3.8) is 0 Å². The van der Waals surface area contributed by atoms with Gasteiger partial charge in [-0.05, 0) is 73.4 Å². The van der Waals surface area contributed by atoms with E-state index >= 15 is 0 Å². The number of fused-ring (bicyclic) bond motifs is 4. The van der Waals surface area contributed by atoms with Crippen LogP contribution in [0.25, 0.3) is 0 Å². The van der Waals surface area contributed by atoms with E-state index in [2.05, 4.69) is 4.74 Å². The van der Waals surface area contributed by atoms with Gasteiger partial charge in [-0.25, -0.2) is 9.80 Å². The maximum atomic E-state index is 14.3. The van der Waals surface area contributed by atoms with Crippen molar-refractivity contribution in [1.29, 1.82) is 0 Å². The lowest BCUT2D eigenvalue weighted by Gasteiger charge is -2.44. The van der Waals surface area contributed by atoms with Gasteiger partial charge in [0.25, 0.3) is 0 Å². The van der Waals surface area contributed by atoms with E-state index in [0.717, 1.165) is 6.08 Å². The number of alkyl halides is 15. The van der Waals surface area contributed by atoms with Crippen LogP contribution in [0, 0.1) is 29.6 Å². The lowest BCUT2D eigenvalue weighted by molar-refractivity contribution is -0.274. The van der Waals surface area contributed by atoms with E-state index in [4.69, 9.17) is 0 Å². The number of phenols is 1. The molecule has 2 aliphatic carbocycles. The highest BCUT2D eigenvalue weighted by Gasteiger charge is 2.63. The standard InChI is InChI=1S/C37H21F15N2O6/c38-33(39,40)13-5-14(34(41,42)43)8-17(7-13)53-29(56)21-3-2-20-22(27(21)31(53)58)12-24-28(26(20)23-11-19(1-4-25(23)55)60-37(50,51)52)32(59)54(30(24)57)18-9-15(35(44,45)46)6-16(10-18)36(47,48)49/h1-2,4-11,21-22,24,26-28,55H,3,12H2/t21-,22+,24+,26+,27-,28+/m0/s1. The van der Waals surface area contributed by atoms with Crippen LogP contribution in [0.2, 0.25) is 0 Å². The summed E-state index contributed by atoms with van der Waals surface area (Å²) in [6.07, 6.45) is -27.3. The average molecular weight is 875 g/mol. The number of aromatic hydroxyl groups is 1. The molecule has 1 saturated carbocycles. The third-order valence-corrected chi connectivity index (χ3v) is 10.9. The fourth-order valence-electron chi connectivity index (χ4n) is 8.56. The lowest BCUT2D eigenvalue weighted by atomic mass is 9.57. The second-order valence-electron chi connectivity index (χ2n) is 14.3. The van der Waals surface area contributed by atoms with Gasteiger partial charge in [0.2, 0.25) is 23.6 Å². The third kappa shape index (κ3) is 7.28. The first-order chi connectivity index (χ1) is 27.5. The highest BCUT2D eigenvalue weighted by molar-refractivity contribution is 6.24. The lowest BCUT2D eigenvalue weighted by Crippen LogP contribution is -2.43. The second-order valence-corrected chi connectivity index (χ2v) is 14.3. The minimum Gasteiger partial charge on any atom is -0.508 e. The molecule has 3 fully saturated rings. The fraction of sp³-hybridized carbons (Fsp3) is 0.351. The maximum absolute atomic E-state index is 14.3. The number of nitrogens with zero attached hydrogens (tertiary/aromatic N) is 2. The van der Waals surface area contributed by atoms with Gasteiger partial charge in [-0.1, -0.05) is 11.6 Å². The second kappa shape index (κ2) is 13.6. The van der Waals surface area contributed by atoms with Crippen molar-refractivity contribution in [3.05, 3.63) is 94.1 Å². The van der Waals surface area contributed by atoms with E-state index in [9.17, 15) is 90.1 Å². The number of carbonyl (C=O) groups is 4. The Morgan fingerprint density at radius 3 is 1.40 bits per heavy atom. The zero-order valence-corrected chi connectivity index (χ0v) is 29.2. The average Bonchev–Trinajstić information content (AvgIpc) is 3.52. The quantitative estimate of drug-likeness (QED) is 0.159. The molecule has 0 unspecified atom stereocenters. The van der Waals surface area contributed by atoms with Gasteiger partial charge in [0.15, 0.2) is 0 Å². The first-order valence-electron chi connectivity index (χ1n) is 17.1. The molecule has 2 heterocycles. The normalized spacial score (nSPS) is 25.0. The zero-order valence-electron chi connectivity index (χ0n) is 29.2. The third-order valence-electron chi connectivity index (χ3n) is 10.9. The van der Waals surface area contributed by atoms with Gasteiger partial charge >= 0.3 is 31.1 Å². The molecule has 0 aromatic heterocycles. The Kier molecular flexibility index (Phi) is 9.62. The minimum absolute atomic E-state index is 0.0233. The number of benzene rings is 3. The van der Waals surface area contributed by atoms with Gasteiger partial charge in [0, 0.05) is 11.5 Å². The Hall–Kier alpha value is -5.77. The Labute approximate surface area is 324 Å². The predicted octanol–water partition coefficient (Wildman–Crippen LogP) is 9.41. The van der Waals surface area contributed by atoms with Gasteiger partial charge in [-0.3, -0.25) is 19.2 Å². The Morgan fingerprint density at radius 2 is 0.967 bits per heavy atom. The largest absolute Gasteiger partial charge is 0.573 e. The molecular weight excluding hydrogens is 853 g/mol. The summed E-state index contributed by atoms with van der Waals surface area (Å²) < 4.78 is 210. The molecule has 60 heavy (non-hydrogen) atoms. The molecule has 4 aliphatic rings. The summed E-state index contributed by atoms with van der Waals surface area (Å²) in [6.45, 7) is 0. The van der Waals surface area contributed by atoms with Crippen LogP contribution in [0.4, 0.5) is 77.2 Å². The number of ether oxygens (including phenoxy) is 1. The van der Waals surface area contributed by atoms with Crippen molar-refractivity contribution in [3.8, 4) is 11.5 Å². The monoisotopic (exact) mass is 874 g/mol. The molecule has 6 atom stereocenters. The number of allylic oxidation sites excluding steroid dienone is 2. The molecule has 8 nitrogen and oxygen atoms in total. The molecule has 23 heteroatoms. The number of rotatable bonds is 4. The van der Waals surface area contributed by atoms with Crippen LogP contribution < -0.4 is 14.5 Å². The summed E-state index contributed by atoms with van der Waals surface area (Å²) in [6, 6.07) is 1.56. The van der Waals surface area contributed by atoms with Crippen molar-refractivity contribution in [2.24, 2.45) is 29.6 Å². The van der Waals surface area contributed by atoms with Crippen LogP contribution in [-0.2, 0) is 43.9 Å². The SMILES string of the molecule is O=C1[C@H]2[C@H](CC=C3[C@H]2C[C@H]2C(=O)N(c4cc(C(F)(F)F)cc(C(F)(F)F)c4)C(=O)[C@H]2[C@H]3c2cc(OC(F)(F)F)ccc2O)C(=O)N1c1cc(C(F)(F)F)cc(C(F)(F)F)c1. The maximum Gasteiger partial charge on any atom is 0.573 e. The number of carbonyl (C=O) groups excluding carboxylic acids is 4. The summed E-state index contributed by atoms with van der Waals surface area (Å²) >= 11 is 0. The van der Waals surface area contributed by atoms with E-state index in [-0.39, 0.29) is 51.8 Å². The van der Waals surface area contributed by atoms with Crippen molar-refractivity contribution >= 4 is 35.0 Å². The van der Waals surface area contributed by atoms with Gasteiger partial charge in [0.1, 0.15) is 11.5 Å². The number of anilines is 2. The van der Waals surface area contributed by atoms with Gasteiger partial charge < -0.3 is 9.84 Å². The Bertz CT molecular complexity index is 2300. The van der Waals surface area contributed by atoms with Crippen molar-refractivity contribution < 1.29 is 94.9 Å². The van der Waals surface area contributed by atoms with Crippen LogP contribution in [0.5, 0.6) is 11.5 Å². The number of imide groups is 2. The van der Waals surface area contributed by atoms with Crippen LogP contribution in [0.3, 0.4) is 0 Å². The first-order valence-corrected chi connectivity index (χ1v) is 17.1. The predicted molar refractivity (Wildman–Crippen MR) is 170 cm³/mol. The van der Waals surface area contributed by atoms with E-state index in [0.29, 0.717) is 18.2 Å². The van der Waals surface area contributed by atoms with Gasteiger partial charge in [-0.15, -0.1) is 13.2 Å². The van der Waals surface area contributed by atoms with Crippen LogP contribution >= 0.6 is 0 Å². The molecule has 4 amide bonds. The summed E-state index contributed by atoms with van der Waals surface area (Å²) in [4.78, 5) is 56.4. The molecule has 320 valence electrons. The highest BCUT2D eigenvalue weighted by Crippen LogP contribution is 2.60. The summed E-state index contributed by atoms with van der Waals surface area (Å²) in [5.74, 6) is -18.2. The van der Waals surface area contributed by atoms with E-state index in [1.807, 2.05) is 0 Å². The zero-order chi connectivity index (χ0) is 44.4. The van der Waals surface area contributed by atoms with E-state index in [1.165, 1.54) is 0 Å². The fourth-order valence-corrected chi connectivity index (χ4v) is 8.56. The molecule has 0 radical (unpaired) electrons. The van der Waals surface area contributed by atoms with E-state index in [1.54, 1.807) is 0 Å². The number of hydrogen-bond acceptors (Lipinski definition) is 6. The van der Waals surface area contributed by atoms with Crippen molar-refractivity contribution in [2.75, 3.05) is 9.80 Å². The van der Waals surface area contributed by atoms with Crippen molar-refractivity contribution in [2.45, 2.75) is 49.8 Å². The van der Waals surface area contributed by atoms with E-state index < -0.39 is 154 Å². The van der Waals surface area contributed by atoms with Gasteiger partial charge in [-0.2, -0.15) is 52.7 Å². The molecule has 0 spiro atoms. The molecule has 1 N–H and O–H groups in total. The molecule has 0 bridgehead atoms. The molecular formula is C37H21F15N2O6. The number of halogens is 15. The smallest absolute Gasteiger partial charge is 0.508 e. The topological polar surface area (TPSA) is 104 Å². The Morgan fingerprint density at radius 1 is 0.533 bits per heavy atom. The number of amides is 4. The molecule has 3 aromatic rings. The highest BCUT2D eigenvalue weighted by atomic mass is 19.4. The Balaban J connectivity index is 1.38. The number of hydrogen-bond donors (Lipinski definition) is 1.